The number of nitrogens with one attached hydrogen (secondary N) is 1. The standard InChI is InChI=1S/C23H17N3O4S/c27-17-12-10-16(11-13-17)22-25-26-23(30-22)31-14-20(28)24-19-9-5-4-8-18(19)21(29)15-6-2-1-3-7-15/h1-13,27H,14H2,(H,24,28). The minimum Gasteiger partial charge on any atom is -0.508 e. The van der Waals surface area contributed by atoms with E-state index in [2.05, 4.69) is 15.5 Å². The highest BCUT2D eigenvalue weighted by molar-refractivity contribution is 7.99. The second kappa shape index (κ2) is 9.27. The average Bonchev–Trinajstić information content (AvgIpc) is 3.28. The van der Waals surface area contributed by atoms with E-state index in [9.17, 15) is 14.7 Å². The molecule has 0 aliphatic heterocycles. The number of ketones is 1. The molecule has 31 heavy (non-hydrogen) atoms. The second-order valence-corrected chi connectivity index (χ2v) is 7.42. The van der Waals surface area contributed by atoms with E-state index in [0.717, 1.165) is 11.8 Å². The van der Waals surface area contributed by atoms with Crippen LogP contribution in [0.1, 0.15) is 15.9 Å². The minimum atomic E-state index is -0.303. The SMILES string of the molecule is O=C(CSc1nnc(-c2ccc(O)cc2)o1)Nc1ccccc1C(=O)c1ccccc1. The van der Waals surface area contributed by atoms with Crippen LogP contribution in [0.25, 0.3) is 11.5 Å². The van der Waals surface area contributed by atoms with Gasteiger partial charge < -0.3 is 14.8 Å². The van der Waals surface area contributed by atoms with Gasteiger partial charge in [0.1, 0.15) is 5.75 Å². The van der Waals surface area contributed by atoms with Crippen molar-refractivity contribution in [3.05, 3.63) is 90.0 Å². The topological polar surface area (TPSA) is 105 Å². The smallest absolute Gasteiger partial charge is 0.277 e. The lowest BCUT2D eigenvalue weighted by molar-refractivity contribution is -0.113. The third-order valence-corrected chi connectivity index (χ3v) is 5.15. The van der Waals surface area contributed by atoms with Crippen LogP contribution in [0.15, 0.2) is 88.5 Å². The second-order valence-electron chi connectivity index (χ2n) is 6.50. The Morgan fingerprint density at radius 3 is 2.39 bits per heavy atom. The first-order valence-corrected chi connectivity index (χ1v) is 10.3. The first-order chi connectivity index (χ1) is 15.1. The molecule has 1 amide bonds. The number of carbonyl (C=O) groups is 2. The molecule has 0 aliphatic rings. The van der Waals surface area contributed by atoms with E-state index in [1.165, 1.54) is 12.1 Å². The molecule has 4 rings (SSSR count). The molecule has 8 heteroatoms. The van der Waals surface area contributed by atoms with Crippen molar-refractivity contribution in [1.29, 1.82) is 0 Å². The van der Waals surface area contributed by atoms with Crippen LogP contribution in [0.2, 0.25) is 0 Å². The van der Waals surface area contributed by atoms with Crippen molar-refractivity contribution in [3.63, 3.8) is 0 Å². The van der Waals surface area contributed by atoms with E-state index in [0.29, 0.717) is 28.3 Å². The number of para-hydroxylation sites is 1. The number of hydrogen-bond acceptors (Lipinski definition) is 7. The number of aromatic nitrogens is 2. The molecule has 0 atom stereocenters. The van der Waals surface area contributed by atoms with Crippen LogP contribution in [0.3, 0.4) is 0 Å². The summed E-state index contributed by atoms with van der Waals surface area (Å²) in [5, 5.41) is 20.3. The molecule has 2 N–H and O–H groups in total. The Morgan fingerprint density at radius 1 is 0.903 bits per heavy atom. The first kappa shape index (κ1) is 20.4. The molecule has 154 valence electrons. The van der Waals surface area contributed by atoms with Crippen LogP contribution < -0.4 is 5.32 Å². The average molecular weight is 431 g/mol. The van der Waals surface area contributed by atoms with Crippen LogP contribution in [-0.4, -0.2) is 32.7 Å². The van der Waals surface area contributed by atoms with Crippen molar-refractivity contribution in [2.24, 2.45) is 0 Å². The molecule has 1 aromatic heterocycles. The van der Waals surface area contributed by atoms with Crippen molar-refractivity contribution >= 4 is 29.1 Å². The summed E-state index contributed by atoms with van der Waals surface area (Å²) in [5.41, 5.74) is 2.07. The Morgan fingerprint density at radius 2 is 1.61 bits per heavy atom. The van der Waals surface area contributed by atoms with Gasteiger partial charge in [-0.05, 0) is 36.4 Å². The number of carbonyl (C=O) groups excluding carboxylic acids is 2. The zero-order chi connectivity index (χ0) is 21.6. The fraction of sp³-hybridized carbons (Fsp3) is 0.0435. The van der Waals surface area contributed by atoms with E-state index in [1.807, 2.05) is 6.07 Å². The molecule has 0 aliphatic carbocycles. The van der Waals surface area contributed by atoms with E-state index in [1.54, 1.807) is 60.7 Å². The van der Waals surface area contributed by atoms with Gasteiger partial charge in [0.15, 0.2) is 5.78 Å². The summed E-state index contributed by atoms with van der Waals surface area (Å²) in [6, 6.07) is 22.1. The summed E-state index contributed by atoms with van der Waals surface area (Å²) in [6.07, 6.45) is 0. The van der Waals surface area contributed by atoms with E-state index in [4.69, 9.17) is 4.42 Å². The Kier molecular flexibility index (Phi) is 6.09. The Labute approximate surface area is 182 Å². The lowest BCUT2D eigenvalue weighted by atomic mass is 10.0. The molecule has 0 fully saturated rings. The third kappa shape index (κ3) is 4.99. The van der Waals surface area contributed by atoms with Crippen LogP contribution in [-0.2, 0) is 4.79 Å². The summed E-state index contributed by atoms with van der Waals surface area (Å²) in [7, 11) is 0. The van der Waals surface area contributed by atoms with Crippen LogP contribution in [0.5, 0.6) is 5.75 Å². The molecule has 0 radical (unpaired) electrons. The summed E-state index contributed by atoms with van der Waals surface area (Å²) in [6.45, 7) is 0. The maximum atomic E-state index is 12.8. The quantitative estimate of drug-likeness (QED) is 0.330. The molecule has 0 unspecified atom stereocenters. The summed E-state index contributed by atoms with van der Waals surface area (Å²) >= 11 is 1.09. The van der Waals surface area contributed by atoms with Crippen molar-refractivity contribution in [2.75, 3.05) is 11.1 Å². The summed E-state index contributed by atoms with van der Waals surface area (Å²) < 4.78 is 5.55. The van der Waals surface area contributed by atoms with Gasteiger partial charge >= 0.3 is 0 Å². The molecule has 0 spiro atoms. The van der Waals surface area contributed by atoms with Crippen LogP contribution >= 0.6 is 11.8 Å². The molecular formula is C23H17N3O4S. The number of phenols is 1. The molecule has 4 aromatic rings. The normalized spacial score (nSPS) is 10.6. The van der Waals surface area contributed by atoms with E-state index >= 15 is 0 Å². The zero-order valence-corrected chi connectivity index (χ0v) is 17.0. The lowest BCUT2D eigenvalue weighted by Crippen LogP contribution is -2.17. The zero-order valence-electron chi connectivity index (χ0n) is 16.2. The molecule has 1 heterocycles. The van der Waals surface area contributed by atoms with Gasteiger partial charge in [0, 0.05) is 16.7 Å². The number of aromatic hydroxyl groups is 1. The number of benzene rings is 3. The van der Waals surface area contributed by atoms with Gasteiger partial charge in [0.2, 0.25) is 11.8 Å². The molecule has 7 nitrogen and oxygen atoms in total. The third-order valence-electron chi connectivity index (χ3n) is 4.33. The minimum absolute atomic E-state index is 0.0328. The molecule has 0 saturated carbocycles. The van der Waals surface area contributed by atoms with Gasteiger partial charge in [-0.2, -0.15) is 0 Å². The summed E-state index contributed by atoms with van der Waals surface area (Å²) in [5.74, 6) is -0.00463. The highest BCUT2D eigenvalue weighted by atomic mass is 32.2. The maximum Gasteiger partial charge on any atom is 0.277 e. The van der Waals surface area contributed by atoms with Crippen molar-refractivity contribution in [2.45, 2.75) is 5.22 Å². The lowest BCUT2D eigenvalue weighted by Gasteiger charge is -2.10. The number of anilines is 1. The monoisotopic (exact) mass is 431 g/mol. The van der Waals surface area contributed by atoms with Gasteiger partial charge in [-0.1, -0.05) is 54.2 Å². The molecule has 3 aromatic carbocycles. The Bertz CT molecular complexity index is 1210. The largest absolute Gasteiger partial charge is 0.508 e. The highest BCUT2D eigenvalue weighted by Gasteiger charge is 2.16. The van der Waals surface area contributed by atoms with Crippen LogP contribution in [0.4, 0.5) is 5.69 Å². The van der Waals surface area contributed by atoms with Crippen molar-refractivity contribution in [3.8, 4) is 17.2 Å². The van der Waals surface area contributed by atoms with E-state index in [-0.39, 0.29) is 28.4 Å². The first-order valence-electron chi connectivity index (χ1n) is 9.34. The number of nitrogens with zero attached hydrogens (tertiary/aromatic N) is 2. The fourth-order valence-corrected chi connectivity index (χ4v) is 3.40. The fourth-order valence-electron chi connectivity index (χ4n) is 2.84. The molecule has 0 saturated heterocycles. The number of rotatable bonds is 7. The molecule has 0 bridgehead atoms. The Hall–Kier alpha value is -3.91. The van der Waals surface area contributed by atoms with Crippen molar-refractivity contribution in [1.82, 2.24) is 10.2 Å². The number of amides is 1. The summed E-state index contributed by atoms with van der Waals surface area (Å²) in [4.78, 5) is 25.2. The van der Waals surface area contributed by atoms with Crippen LogP contribution in [0, 0.1) is 0 Å². The Balaban J connectivity index is 1.40. The van der Waals surface area contributed by atoms with Gasteiger partial charge in [-0.15, -0.1) is 10.2 Å². The maximum absolute atomic E-state index is 12.8. The van der Waals surface area contributed by atoms with Crippen molar-refractivity contribution < 1.29 is 19.1 Å². The highest BCUT2D eigenvalue weighted by Crippen LogP contribution is 2.25. The van der Waals surface area contributed by atoms with Gasteiger partial charge in [-0.3, -0.25) is 9.59 Å². The predicted octanol–water partition coefficient (Wildman–Crippen LogP) is 4.40. The van der Waals surface area contributed by atoms with E-state index < -0.39 is 0 Å². The van der Waals surface area contributed by atoms with Gasteiger partial charge in [0.25, 0.3) is 5.22 Å². The van der Waals surface area contributed by atoms with Gasteiger partial charge in [0.05, 0.1) is 11.4 Å². The number of hydrogen-bond donors (Lipinski definition) is 2. The van der Waals surface area contributed by atoms with Gasteiger partial charge in [-0.25, -0.2) is 0 Å². The molecular weight excluding hydrogens is 414 g/mol. The predicted molar refractivity (Wildman–Crippen MR) is 117 cm³/mol. The number of thioether (sulfide) groups is 1. The number of phenolic OH excluding ortho intramolecular Hbond substituents is 1.